The highest BCUT2D eigenvalue weighted by Gasteiger charge is 2.15. The molecule has 4 rings (SSSR count). The Labute approximate surface area is 156 Å². The highest BCUT2D eigenvalue weighted by molar-refractivity contribution is 6.31. The molecule has 4 aromatic rings. The third-order valence-corrected chi connectivity index (χ3v) is 4.73. The van der Waals surface area contributed by atoms with Crippen LogP contribution in [0, 0.1) is 13.8 Å². The number of rotatable bonds is 3. The summed E-state index contributed by atoms with van der Waals surface area (Å²) in [6.07, 6.45) is 2.03. The van der Waals surface area contributed by atoms with Crippen molar-refractivity contribution in [1.29, 1.82) is 0 Å². The molecule has 0 radical (unpaired) electrons. The number of phenolic OH excluding ortho intramolecular Hbond substituents is 1. The van der Waals surface area contributed by atoms with Crippen LogP contribution in [0.3, 0.4) is 0 Å². The summed E-state index contributed by atoms with van der Waals surface area (Å²) in [6, 6.07) is 17.0. The molecule has 4 nitrogen and oxygen atoms in total. The lowest BCUT2D eigenvalue weighted by Crippen LogP contribution is -1.97. The molecule has 0 aliphatic heterocycles. The van der Waals surface area contributed by atoms with E-state index in [1.54, 1.807) is 12.1 Å². The smallest absolute Gasteiger partial charge is 0.143 e. The molecule has 0 saturated carbocycles. The quantitative estimate of drug-likeness (QED) is 0.489. The number of nitrogens with one attached hydrogen (secondary N) is 1. The zero-order valence-corrected chi connectivity index (χ0v) is 15.2. The van der Waals surface area contributed by atoms with E-state index in [-0.39, 0.29) is 5.75 Å². The first-order chi connectivity index (χ1) is 12.5. The van der Waals surface area contributed by atoms with Gasteiger partial charge in [-0.3, -0.25) is 4.40 Å². The number of nitrogens with zero attached hydrogens (tertiary/aromatic N) is 2. The van der Waals surface area contributed by atoms with Crippen molar-refractivity contribution in [2.75, 3.05) is 5.32 Å². The number of hydrogen-bond donors (Lipinski definition) is 2. The number of fused-ring (bicyclic) bond motifs is 1. The summed E-state index contributed by atoms with van der Waals surface area (Å²) in [5.74, 6) is 1.04. The van der Waals surface area contributed by atoms with E-state index in [0.717, 1.165) is 39.5 Å². The van der Waals surface area contributed by atoms with Crippen molar-refractivity contribution in [3.05, 3.63) is 76.9 Å². The first-order valence-corrected chi connectivity index (χ1v) is 8.70. The number of anilines is 2. The van der Waals surface area contributed by atoms with E-state index >= 15 is 0 Å². The average molecular weight is 364 g/mol. The molecule has 0 bridgehead atoms. The molecule has 0 fully saturated rings. The summed E-state index contributed by atoms with van der Waals surface area (Å²) >= 11 is 6.28. The van der Waals surface area contributed by atoms with Crippen molar-refractivity contribution in [3.8, 4) is 17.0 Å². The number of aromatic nitrogens is 2. The SMILES string of the molecule is Cc1ccc2nc(-c3cccc(O)c3)c(Nc3ccc(C)c(Cl)c3)n2c1. The summed E-state index contributed by atoms with van der Waals surface area (Å²) in [4.78, 5) is 4.76. The molecule has 26 heavy (non-hydrogen) atoms. The van der Waals surface area contributed by atoms with Gasteiger partial charge in [-0.15, -0.1) is 0 Å². The van der Waals surface area contributed by atoms with Gasteiger partial charge < -0.3 is 10.4 Å². The maximum absolute atomic E-state index is 9.87. The second-order valence-corrected chi connectivity index (χ2v) is 6.79. The molecule has 0 unspecified atom stereocenters. The van der Waals surface area contributed by atoms with Gasteiger partial charge in [0.25, 0.3) is 0 Å². The van der Waals surface area contributed by atoms with Crippen molar-refractivity contribution in [2.45, 2.75) is 13.8 Å². The van der Waals surface area contributed by atoms with E-state index in [1.807, 2.05) is 66.9 Å². The monoisotopic (exact) mass is 363 g/mol. The Morgan fingerprint density at radius 1 is 1.04 bits per heavy atom. The molecule has 2 aromatic carbocycles. The molecule has 0 amide bonds. The number of benzene rings is 2. The predicted octanol–water partition coefficient (Wildman–Crippen LogP) is 5.72. The highest BCUT2D eigenvalue weighted by Crippen LogP contribution is 2.33. The Morgan fingerprint density at radius 2 is 1.88 bits per heavy atom. The lowest BCUT2D eigenvalue weighted by Gasteiger charge is -2.11. The minimum absolute atomic E-state index is 0.208. The van der Waals surface area contributed by atoms with Crippen molar-refractivity contribution in [3.63, 3.8) is 0 Å². The van der Waals surface area contributed by atoms with E-state index in [1.165, 1.54) is 0 Å². The minimum Gasteiger partial charge on any atom is -0.508 e. The van der Waals surface area contributed by atoms with Gasteiger partial charge in [0.15, 0.2) is 0 Å². The van der Waals surface area contributed by atoms with Gasteiger partial charge in [-0.05, 0) is 55.3 Å². The number of imidazole rings is 1. The Bertz CT molecular complexity index is 1120. The number of aryl methyl sites for hydroxylation is 2. The summed E-state index contributed by atoms with van der Waals surface area (Å²) in [5.41, 5.74) is 5.47. The van der Waals surface area contributed by atoms with Crippen LogP contribution in [0.2, 0.25) is 5.02 Å². The normalized spacial score (nSPS) is 11.0. The number of phenols is 1. The number of aromatic hydroxyl groups is 1. The minimum atomic E-state index is 0.208. The van der Waals surface area contributed by atoms with Crippen LogP contribution in [0.4, 0.5) is 11.5 Å². The fourth-order valence-corrected chi connectivity index (χ4v) is 3.11. The van der Waals surface area contributed by atoms with Gasteiger partial charge in [0.1, 0.15) is 22.9 Å². The molecule has 2 heterocycles. The van der Waals surface area contributed by atoms with E-state index in [2.05, 4.69) is 5.32 Å². The van der Waals surface area contributed by atoms with Crippen molar-refractivity contribution in [2.24, 2.45) is 0 Å². The lowest BCUT2D eigenvalue weighted by molar-refractivity contribution is 0.475. The van der Waals surface area contributed by atoms with E-state index in [0.29, 0.717) is 5.02 Å². The second kappa shape index (κ2) is 6.39. The average Bonchev–Trinajstić information content (AvgIpc) is 2.96. The van der Waals surface area contributed by atoms with Crippen LogP contribution >= 0.6 is 11.6 Å². The Morgan fingerprint density at radius 3 is 2.65 bits per heavy atom. The Hall–Kier alpha value is -2.98. The number of halogens is 1. The summed E-state index contributed by atoms with van der Waals surface area (Å²) in [5, 5.41) is 14.0. The molecule has 0 aliphatic rings. The fraction of sp³-hybridized carbons (Fsp3) is 0.0952. The van der Waals surface area contributed by atoms with Gasteiger partial charge in [-0.2, -0.15) is 0 Å². The maximum atomic E-state index is 9.87. The molecule has 0 atom stereocenters. The molecule has 0 saturated heterocycles. The van der Waals surface area contributed by atoms with Crippen molar-refractivity contribution >= 4 is 28.8 Å². The highest BCUT2D eigenvalue weighted by atomic mass is 35.5. The van der Waals surface area contributed by atoms with E-state index < -0.39 is 0 Å². The van der Waals surface area contributed by atoms with Crippen LogP contribution in [0.15, 0.2) is 60.8 Å². The molecule has 0 spiro atoms. The van der Waals surface area contributed by atoms with Crippen LogP contribution in [0.25, 0.3) is 16.9 Å². The number of hydrogen-bond acceptors (Lipinski definition) is 3. The molecular weight excluding hydrogens is 346 g/mol. The first-order valence-electron chi connectivity index (χ1n) is 8.32. The van der Waals surface area contributed by atoms with Gasteiger partial charge in [0, 0.05) is 22.5 Å². The molecule has 5 heteroatoms. The molecule has 2 aromatic heterocycles. The van der Waals surface area contributed by atoms with Crippen LogP contribution in [-0.2, 0) is 0 Å². The lowest BCUT2D eigenvalue weighted by atomic mass is 10.1. The second-order valence-electron chi connectivity index (χ2n) is 6.38. The third kappa shape index (κ3) is 3.00. The van der Waals surface area contributed by atoms with E-state index in [4.69, 9.17) is 16.6 Å². The zero-order valence-electron chi connectivity index (χ0n) is 14.5. The van der Waals surface area contributed by atoms with Crippen molar-refractivity contribution < 1.29 is 5.11 Å². The van der Waals surface area contributed by atoms with E-state index in [9.17, 15) is 5.11 Å². The standard InChI is InChI=1S/C21H18ClN3O/c1-13-6-9-19-24-20(15-4-3-5-17(26)10-15)21(25(19)12-13)23-16-8-7-14(2)18(22)11-16/h3-12,23,26H,1-2H3. The van der Waals surface area contributed by atoms with Crippen LogP contribution in [0.5, 0.6) is 5.75 Å². The maximum Gasteiger partial charge on any atom is 0.143 e. The van der Waals surface area contributed by atoms with Crippen LogP contribution in [0.1, 0.15) is 11.1 Å². The summed E-state index contributed by atoms with van der Waals surface area (Å²) < 4.78 is 2.02. The third-order valence-electron chi connectivity index (χ3n) is 4.32. The number of pyridine rings is 1. The largest absolute Gasteiger partial charge is 0.508 e. The Balaban J connectivity index is 1.91. The Kier molecular flexibility index (Phi) is 4.05. The van der Waals surface area contributed by atoms with Gasteiger partial charge in [-0.25, -0.2) is 4.98 Å². The van der Waals surface area contributed by atoms with Gasteiger partial charge >= 0.3 is 0 Å². The summed E-state index contributed by atoms with van der Waals surface area (Å²) in [7, 11) is 0. The zero-order chi connectivity index (χ0) is 18.3. The van der Waals surface area contributed by atoms with Crippen LogP contribution < -0.4 is 5.32 Å². The first kappa shape index (κ1) is 16.5. The van der Waals surface area contributed by atoms with Gasteiger partial charge in [0.05, 0.1) is 0 Å². The van der Waals surface area contributed by atoms with Crippen LogP contribution in [-0.4, -0.2) is 14.5 Å². The fourth-order valence-electron chi connectivity index (χ4n) is 2.93. The van der Waals surface area contributed by atoms with Gasteiger partial charge in [0.2, 0.25) is 0 Å². The van der Waals surface area contributed by atoms with Gasteiger partial charge in [-0.1, -0.05) is 35.9 Å². The summed E-state index contributed by atoms with van der Waals surface area (Å²) in [6.45, 7) is 4.02. The molecule has 2 N–H and O–H groups in total. The predicted molar refractivity (Wildman–Crippen MR) is 107 cm³/mol. The topological polar surface area (TPSA) is 49.6 Å². The molecular formula is C21H18ClN3O. The molecule has 130 valence electrons. The van der Waals surface area contributed by atoms with Crippen molar-refractivity contribution in [1.82, 2.24) is 9.38 Å². The molecule has 0 aliphatic carbocycles.